The number of nitrogens with one attached hydrogen (secondary N) is 1. The van der Waals surface area contributed by atoms with Gasteiger partial charge in [-0.25, -0.2) is 0 Å². The highest BCUT2D eigenvalue weighted by Gasteiger charge is 2.41. The van der Waals surface area contributed by atoms with Crippen molar-refractivity contribution in [2.45, 2.75) is 24.7 Å². The Hall–Kier alpha value is -2.74. The van der Waals surface area contributed by atoms with Crippen molar-refractivity contribution in [3.63, 3.8) is 0 Å². The molecule has 0 saturated heterocycles. The van der Waals surface area contributed by atoms with Gasteiger partial charge in [-0.15, -0.1) is 11.3 Å². The Morgan fingerprint density at radius 2 is 2.03 bits per heavy atom. The van der Waals surface area contributed by atoms with Crippen LogP contribution in [0.4, 0.5) is 11.8 Å². The van der Waals surface area contributed by atoms with Crippen molar-refractivity contribution in [2.75, 3.05) is 17.7 Å². The Morgan fingerprint density at radius 3 is 2.74 bits per heavy atom. The van der Waals surface area contributed by atoms with E-state index in [0.29, 0.717) is 12.0 Å². The van der Waals surface area contributed by atoms with E-state index in [0.717, 1.165) is 15.3 Å². The molecule has 6 N–H and O–H groups in total. The van der Waals surface area contributed by atoms with Crippen LogP contribution >= 0.6 is 22.9 Å². The van der Waals surface area contributed by atoms with E-state index in [1.54, 1.807) is 12.4 Å². The molecule has 3 aromatic rings. The van der Waals surface area contributed by atoms with Crippen LogP contribution in [0.2, 0.25) is 5.15 Å². The van der Waals surface area contributed by atoms with Crippen LogP contribution in [0.5, 0.6) is 0 Å². The minimum Gasteiger partial charge on any atom is -0.396 e. The van der Waals surface area contributed by atoms with Crippen LogP contribution in [0.15, 0.2) is 36.7 Å². The van der Waals surface area contributed by atoms with E-state index in [-0.39, 0.29) is 23.5 Å². The maximum Gasteiger partial charge on any atom is 0.223 e. The number of aliphatic hydroxyl groups excluding tert-OH is 3. The number of aromatic nitrogens is 3. The van der Waals surface area contributed by atoms with Crippen molar-refractivity contribution >= 4 is 34.7 Å². The molecule has 10 heteroatoms. The van der Waals surface area contributed by atoms with Gasteiger partial charge in [-0.3, -0.25) is 4.98 Å². The summed E-state index contributed by atoms with van der Waals surface area (Å²) in [6.45, 7) is -0.229. The van der Waals surface area contributed by atoms with Gasteiger partial charge in [0.15, 0.2) is 5.15 Å². The number of aliphatic hydroxyl groups is 3. The number of nitrogens with two attached hydrogens (primary N) is 1. The molecular formula is C21H20ClN5O3S. The van der Waals surface area contributed by atoms with E-state index in [1.165, 1.54) is 11.3 Å². The molecular weight excluding hydrogens is 438 g/mol. The molecule has 0 radical (unpaired) electrons. The fourth-order valence-electron chi connectivity index (χ4n) is 3.48. The number of thiophene rings is 1. The highest BCUT2D eigenvalue weighted by molar-refractivity contribution is 7.16. The van der Waals surface area contributed by atoms with Gasteiger partial charge in [-0.1, -0.05) is 29.5 Å². The summed E-state index contributed by atoms with van der Waals surface area (Å²) in [5, 5.41) is 32.9. The van der Waals surface area contributed by atoms with Crippen LogP contribution in [0.3, 0.4) is 0 Å². The Labute approximate surface area is 187 Å². The molecule has 1 saturated carbocycles. The molecule has 4 rings (SSSR count). The van der Waals surface area contributed by atoms with E-state index in [9.17, 15) is 15.3 Å². The van der Waals surface area contributed by atoms with Gasteiger partial charge in [0.1, 0.15) is 17.5 Å². The van der Waals surface area contributed by atoms with Crippen LogP contribution in [0.25, 0.3) is 10.4 Å². The zero-order valence-electron chi connectivity index (χ0n) is 16.2. The number of anilines is 2. The third kappa shape index (κ3) is 4.63. The highest BCUT2D eigenvalue weighted by atomic mass is 35.5. The summed E-state index contributed by atoms with van der Waals surface area (Å²) in [5.41, 5.74) is 7.08. The van der Waals surface area contributed by atoms with E-state index in [1.807, 2.05) is 24.3 Å². The lowest BCUT2D eigenvalue weighted by molar-refractivity contribution is 0.00445. The first-order valence-corrected chi connectivity index (χ1v) is 10.7. The first kappa shape index (κ1) is 21.5. The molecule has 1 fully saturated rings. The summed E-state index contributed by atoms with van der Waals surface area (Å²) in [6, 6.07) is 7.18. The molecule has 4 atom stereocenters. The number of nitrogens with zero attached hydrogens (tertiary/aromatic N) is 3. The highest BCUT2D eigenvalue weighted by Crippen LogP contribution is 2.31. The van der Waals surface area contributed by atoms with Crippen molar-refractivity contribution in [3.8, 4) is 22.3 Å². The fourth-order valence-corrected chi connectivity index (χ4v) is 4.56. The van der Waals surface area contributed by atoms with Gasteiger partial charge in [0.05, 0.1) is 17.0 Å². The molecule has 0 amide bonds. The van der Waals surface area contributed by atoms with E-state index < -0.39 is 24.2 Å². The van der Waals surface area contributed by atoms with Gasteiger partial charge in [0.25, 0.3) is 0 Å². The Kier molecular flexibility index (Phi) is 6.36. The zero-order chi connectivity index (χ0) is 22.0. The van der Waals surface area contributed by atoms with Gasteiger partial charge < -0.3 is 26.4 Å². The Balaban J connectivity index is 1.61. The molecule has 3 heterocycles. The van der Waals surface area contributed by atoms with Crippen molar-refractivity contribution in [1.82, 2.24) is 15.0 Å². The molecule has 0 bridgehead atoms. The minimum atomic E-state index is -1.08. The van der Waals surface area contributed by atoms with Crippen LogP contribution < -0.4 is 11.1 Å². The fraction of sp³-hybridized carbons (Fsp3) is 0.286. The minimum absolute atomic E-state index is 0.0419. The predicted molar refractivity (Wildman–Crippen MR) is 120 cm³/mol. The molecule has 1 aliphatic rings. The molecule has 0 spiro atoms. The molecule has 160 valence electrons. The standard InChI is InChI=1S/C21H20ClN5O3S/c22-19-14(5-3-13-4-6-16(31-13)11-2-1-7-24-9-11)20(27-21(23)26-19)25-15-8-12(10-28)17(29)18(15)30/h1-2,4,6-7,9,12,15,17-18,28-30H,8,10H2,(H3,23,25,26,27)/t12-,15-,17-,18+/m1/s1. The topological polar surface area (TPSA) is 137 Å². The average Bonchev–Trinajstić information content (AvgIpc) is 3.34. The summed E-state index contributed by atoms with van der Waals surface area (Å²) in [7, 11) is 0. The first-order chi connectivity index (χ1) is 15.0. The number of rotatable bonds is 4. The first-order valence-electron chi connectivity index (χ1n) is 9.55. The van der Waals surface area contributed by atoms with Gasteiger partial charge in [0.2, 0.25) is 5.95 Å². The normalized spacial score (nSPS) is 22.7. The second-order valence-electron chi connectivity index (χ2n) is 7.16. The molecule has 0 aliphatic heterocycles. The Morgan fingerprint density at radius 1 is 1.19 bits per heavy atom. The predicted octanol–water partition coefficient (Wildman–Crippen LogP) is 1.75. The Bertz CT molecular complexity index is 1130. The second-order valence-corrected chi connectivity index (χ2v) is 8.60. The van der Waals surface area contributed by atoms with Crippen LogP contribution in [0, 0.1) is 17.8 Å². The smallest absolute Gasteiger partial charge is 0.223 e. The zero-order valence-corrected chi connectivity index (χ0v) is 17.8. The largest absolute Gasteiger partial charge is 0.396 e. The van der Waals surface area contributed by atoms with E-state index in [2.05, 4.69) is 32.1 Å². The molecule has 3 aromatic heterocycles. The number of hydrogen-bond acceptors (Lipinski definition) is 9. The summed E-state index contributed by atoms with van der Waals surface area (Å²) < 4.78 is 0. The van der Waals surface area contributed by atoms with Crippen molar-refractivity contribution in [3.05, 3.63) is 52.3 Å². The van der Waals surface area contributed by atoms with Gasteiger partial charge in [-0.2, -0.15) is 9.97 Å². The van der Waals surface area contributed by atoms with Gasteiger partial charge in [0, 0.05) is 35.4 Å². The lowest BCUT2D eigenvalue weighted by Crippen LogP contribution is -2.35. The number of nitrogen functional groups attached to an aromatic ring is 1. The van der Waals surface area contributed by atoms with Crippen molar-refractivity contribution in [1.29, 1.82) is 0 Å². The SMILES string of the molecule is Nc1nc(Cl)c(C#Cc2ccc(-c3cccnc3)s2)c(N[C@@H]2C[C@H](CO)[C@@H](O)[C@H]2O)n1. The molecule has 1 aliphatic carbocycles. The summed E-state index contributed by atoms with van der Waals surface area (Å²) >= 11 is 7.79. The number of hydrogen-bond donors (Lipinski definition) is 5. The second kappa shape index (κ2) is 9.18. The maximum absolute atomic E-state index is 10.3. The van der Waals surface area contributed by atoms with Crippen LogP contribution in [0.1, 0.15) is 16.9 Å². The monoisotopic (exact) mass is 457 g/mol. The number of pyridine rings is 1. The van der Waals surface area contributed by atoms with Crippen LogP contribution in [-0.4, -0.2) is 55.1 Å². The lowest BCUT2D eigenvalue weighted by Gasteiger charge is -2.19. The van der Waals surface area contributed by atoms with Gasteiger partial charge >= 0.3 is 0 Å². The third-order valence-corrected chi connectivity index (χ3v) is 6.43. The van der Waals surface area contributed by atoms with Crippen molar-refractivity contribution in [2.24, 2.45) is 5.92 Å². The molecule has 31 heavy (non-hydrogen) atoms. The van der Waals surface area contributed by atoms with Crippen LogP contribution in [-0.2, 0) is 0 Å². The summed E-state index contributed by atoms with van der Waals surface area (Å²) in [4.78, 5) is 14.1. The number of halogens is 1. The third-order valence-electron chi connectivity index (χ3n) is 5.10. The lowest BCUT2D eigenvalue weighted by atomic mass is 10.1. The van der Waals surface area contributed by atoms with E-state index in [4.69, 9.17) is 17.3 Å². The van der Waals surface area contributed by atoms with Crippen molar-refractivity contribution < 1.29 is 15.3 Å². The molecule has 8 nitrogen and oxygen atoms in total. The van der Waals surface area contributed by atoms with E-state index >= 15 is 0 Å². The molecule has 0 aromatic carbocycles. The summed E-state index contributed by atoms with van der Waals surface area (Å²) in [6.07, 6.45) is 1.75. The average molecular weight is 458 g/mol. The summed E-state index contributed by atoms with van der Waals surface area (Å²) in [5.74, 6) is 5.85. The quantitative estimate of drug-likeness (QED) is 0.295. The maximum atomic E-state index is 10.3. The molecule has 0 unspecified atom stereocenters. The van der Waals surface area contributed by atoms with Gasteiger partial charge in [-0.05, 0) is 24.6 Å².